The molecular weight excluding hydrogens is 230 g/mol. The SMILES string of the molecule is CCC(N)C(=O)N1CCN(CC2CCCO2)CC1. The van der Waals surface area contributed by atoms with Crippen LogP contribution in [0, 0.1) is 0 Å². The number of rotatable bonds is 4. The Balaban J connectivity index is 1.72. The molecule has 0 saturated carbocycles. The van der Waals surface area contributed by atoms with Gasteiger partial charge in [-0.1, -0.05) is 6.92 Å². The highest BCUT2D eigenvalue weighted by Gasteiger charge is 2.26. The van der Waals surface area contributed by atoms with E-state index in [1.54, 1.807) is 0 Å². The Morgan fingerprint density at radius 3 is 2.67 bits per heavy atom. The van der Waals surface area contributed by atoms with Crippen LogP contribution >= 0.6 is 0 Å². The van der Waals surface area contributed by atoms with Crippen molar-refractivity contribution in [3.05, 3.63) is 0 Å². The Morgan fingerprint density at radius 2 is 2.11 bits per heavy atom. The molecule has 2 rings (SSSR count). The van der Waals surface area contributed by atoms with Crippen molar-refractivity contribution in [2.45, 2.75) is 38.3 Å². The molecule has 0 radical (unpaired) electrons. The van der Waals surface area contributed by atoms with Crippen LogP contribution in [0.15, 0.2) is 0 Å². The molecule has 2 saturated heterocycles. The van der Waals surface area contributed by atoms with Gasteiger partial charge >= 0.3 is 0 Å². The summed E-state index contributed by atoms with van der Waals surface area (Å²) in [6, 6.07) is -0.324. The summed E-state index contributed by atoms with van der Waals surface area (Å²) in [7, 11) is 0. The van der Waals surface area contributed by atoms with Gasteiger partial charge in [0.1, 0.15) is 0 Å². The molecule has 2 atom stereocenters. The summed E-state index contributed by atoms with van der Waals surface area (Å²) in [4.78, 5) is 16.2. The smallest absolute Gasteiger partial charge is 0.239 e. The zero-order valence-corrected chi connectivity index (χ0v) is 11.3. The number of hydrogen-bond donors (Lipinski definition) is 1. The molecular formula is C13H25N3O2. The highest BCUT2D eigenvalue weighted by molar-refractivity contribution is 5.81. The lowest BCUT2D eigenvalue weighted by Crippen LogP contribution is -2.54. The third kappa shape index (κ3) is 3.43. The third-order valence-electron chi connectivity index (χ3n) is 3.93. The molecule has 104 valence electrons. The van der Waals surface area contributed by atoms with Gasteiger partial charge in [-0.3, -0.25) is 9.69 Å². The summed E-state index contributed by atoms with van der Waals surface area (Å²) in [5.74, 6) is 0.106. The maximum absolute atomic E-state index is 11.9. The van der Waals surface area contributed by atoms with E-state index in [1.807, 2.05) is 11.8 Å². The summed E-state index contributed by atoms with van der Waals surface area (Å²) in [6.07, 6.45) is 3.49. The Hall–Kier alpha value is -0.650. The first-order valence-electron chi connectivity index (χ1n) is 7.09. The molecule has 5 nitrogen and oxygen atoms in total. The second-order valence-electron chi connectivity index (χ2n) is 5.28. The highest BCUT2D eigenvalue weighted by atomic mass is 16.5. The van der Waals surface area contributed by atoms with Gasteiger partial charge in [-0.05, 0) is 19.3 Å². The van der Waals surface area contributed by atoms with Crippen LogP contribution < -0.4 is 5.73 Å². The van der Waals surface area contributed by atoms with Crippen LogP contribution in [0.5, 0.6) is 0 Å². The summed E-state index contributed by atoms with van der Waals surface area (Å²) in [5, 5.41) is 0. The van der Waals surface area contributed by atoms with E-state index in [-0.39, 0.29) is 11.9 Å². The topological polar surface area (TPSA) is 58.8 Å². The fourth-order valence-corrected chi connectivity index (χ4v) is 2.64. The lowest BCUT2D eigenvalue weighted by atomic mass is 10.1. The Kier molecular flexibility index (Phi) is 4.97. The van der Waals surface area contributed by atoms with Crippen molar-refractivity contribution in [1.29, 1.82) is 0 Å². The van der Waals surface area contributed by atoms with E-state index < -0.39 is 0 Å². The average molecular weight is 255 g/mol. The average Bonchev–Trinajstić information content (AvgIpc) is 2.91. The number of nitrogens with two attached hydrogens (primary N) is 1. The van der Waals surface area contributed by atoms with Gasteiger partial charge in [-0.25, -0.2) is 0 Å². The van der Waals surface area contributed by atoms with Gasteiger partial charge in [-0.2, -0.15) is 0 Å². The first kappa shape index (κ1) is 13.8. The maximum atomic E-state index is 11.9. The predicted octanol–water partition coefficient (Wildman–Crippen LogP) is 0.0469. The molecule has 0 aromatic carbocycles. The molecule has 2 fully saturated rings. The minimum Gasteiger partial charge on any atom is -0.377 e. The number of ether oxygens (including phenoxy) is 1. The van der Waals surface area contributed by atoms with Crippen molar-refractivity contribution in [2.75, 3.05) is 39.3 Å². The van der Waals surface area contributed by atoms with Crippen molar-refractivity contribution < 1.29 is 9.53 Å². The van der Waals surface area contributed by atoms with Crippen LogP contribution in [0.1, 0.15) is 26.2 Å². The van der Waals surface area contributed by atoms with Gasteiger partial charge in [0.2, 0.25) is 5.91 Å². The van der Waals surface area contributed by atoms with E-state index in [4.69, 9.17) is 10.5 Å². The largest absolute Gasteiger partial charge is 0.377 e. The molecule has 2 aliphatic rings. The Labute approximate surface area is 109 Å². The van der Waals surface area contributed by atoms with E-state index in [1.165, 1.54) is 12.8 Å². The van der Waals surface area contributed by atoms with Gasteiger partial charge in [0.15, 0.2) is 0 Å². The molecule has 0 aliphatic carbocycles. The van der Waals surface area contributed by atoms with E-state index >= 15 is 0 Å². The minimum atomic E-state index is -0.324. The van der Waals surface area contributed by atoms with Crippen molar-refractivity contribution in [1.82, 2.24) is 9.80 Å². The maximum Gasteiger partial charge on any atom is 0.239 e. The van der Waals surface area contributed by atoms with Crippen LogP contribution in [0.3, 0.4) is 0 Å². The first-order chi connectivity index (χ1) is 8.70. The van der Waals surface area contributed by atoms with Gasteiger partial charge < -0.3 is 15.4 Å². The Morgan fingerprint density at radius 1 is 1.39 bits per heavy atom. The van der Waals surface area contributed by atoms with E-state index in [0.717, 1.165) is 45.8 Å². The molecule has 0 aromatic heterocycles. The van der Waals surface area contributed by atoms with E-state index in [2.05, 4.69) is 4.90 Å². The number of carbonyl (C=O) groups is 1. The summed E-state index contributed by atoms with van der Waals surface area (Å²) < 4.78 is 5.64. The molecule has 0 bridgehead atoms. The van der Waals surface area contributed by atoms with Gasteiger partial charge in [0.05, 0.1) is 12.1 Å². The number of amides is 1. The lowest BCUT2D eigenvalue weighted by molar-refractivity contribution is -0.134. The zero-order chi connectivity index (χ0) is 13.0. The predicted molar refractivity (Wildman–Crippen MR) is 70.3 cm³/mol. The van der Waals surface area contributed by atoms with Crippen molar-refractivity contribution in [3.8, 4) is 0 Å². The highest BCUT2D eigenvalue weighted by Crippen LogP contribution is 2.14. The molecule has 2 unspecified atom stereocenters. The summed E-state index contributed by atoms with van der Waals surface area (Å²) in [6.45, 7) is 7.38. The molecule has 2 aliphatic heterocycles. The van der Waals surface area contributed by atoms with Crippen LogP contribution in [-0.2, 0) is 9.53 Å². The number of nitrogens with zero attached hydrogens (tertiary/aromatic N) is 2. The third-order valence-corrected chi connectivity index (χ3v) is 3.93. The lowest BCUT2D eigenvalue weighted by Gasteiger charge is -2.36. The molecule has 0 aromatic rings. The number of piperazine rings is 1. The molecule has 5 heteroatoms. The molecule has 0 spiro atoms. The Bertz CT molecular complexity index is 271. The normalized spacial score (nSPS) is 27.4. The van der Waals surface area contributed by atoms with Crippen LogP contribution in [0.2, 0.25) is 0 Å². The second-order valence-corrected chi connectivity index (χ2v) is 5.28. The van der Waals surface area contributed by atoms with E-state index in [9.17, 15) is 4.79 Å². The minimum absolute atomic E-state index is 0.106. The molecule has 18 heavy (non-hydrogen) atoms. The van der Waals surface area contributed by atoms with Gasteiger partial charge in [-0.15, -0.1) is 0 Å². The van der Waals surface area contributed by atoms with Crippen LogP contribution in [0.25, 0.3) is 0 Å². The molecule has 2 N–H and O–H groups in total. The fourth-order valence-electron chi connectivity index (χ4n) is 2.64. The zero-order valence-electron chi connectivity index (χ0n) is 11.3. The van der Waals surface area contributed by atoms with Crippen molar-refractivity contribution >= 4 is 5.91 Å². The van der Waals surface area contributed by atoms with Gasteiger partial charge in [0.25, 0.3) is 0 Å². The van der Waals surface area contributed by atoms with E-state index in [0.29, 0.717) is 6.10 Å². The molecule has 1 amide bonds. The summed E-state index contributed by atoms with van der Waals surface area (Å²) in [5.41, 5.74) is 5.79. The quantitative estimate of drug-likeness (QED) is 0.771. The monoisotopic (exact) mass is 255 g/mol. The number of carbonyl (C=O) groups excluding carboxylic acids is 1. The summed E-state index contributed by atoms with van der Waals surface area (Å²) >= 11 is 0. The fraction of sp³-hybridized carbons (Fsp3) is 0.923. The van der Waals surface area contributed by atoms with Crippen molar-refractivity contribution in [2.24, 2.45) is 5.73 Å². The number of hydrogen-bond acceptors (Lipinski definition) is 4. The molecule has 2 heterocycles. The first-order valence-corrected chi connectivity index (χ1v) is 7.09. The van der Waals surface area contributed by atoms with Crippen molar-refractivity contribution in [3.63, 3.8) is 0 Å². The van der Waals surface area contributed by atoms with Gasteiger partial charge in [0, 0.05) is 39.3 Å². The van der Waals surface area contributed by atoms with Crippen LogP contribution in [0.4, 0.5) is 0 Å². The second kappa shape index (κ2) is 6.50. The van der Waals surface area contributed by atoms with Crippen LogP contribution in [-0.4, -0.2) is 67.2 Å². The standard InChI is InChI=1S/C13H25N3O2/c1-2-12(14)13(17)16-7-5-15(6-8-16)10-11-4-3-9-18-11/h11-12H,2-10,14H2,1H3.